The van der Waals surface area contributed by atoms with Crippen LogP contribution in [0.25, 0.3) is 5.69 Å². The number of ether oxygens (including phenoxy) is 2. The zero-order valence-electron chi connectivity index (χ0n) is 16.5. The van der Waals surface area contributed by atoms with Gasteiger partial charge in [0.25, 0.3) is 5.91 Å². The van der Waals surface area contributed by atoms with Gasteiger partial charge in [-0.15, -0.1) is 5.10 Å². The Labute approximate surface area is 164 Å². The van der Waals surface area contributed by atoms with Crippen LogP contribution in [0.4, 0.5) is 0 Å². The molecule has 0 aliphatic heterocycles. The highest BCUT2D eigenvalue weighted by molar-refractivity contribution is 5.97. The summed E-state index contributed by atoms with van der Waals surface area (Å²) in [6.07, 6.45) is 3.92. The summed E-state index contributed by atoms with van der Waals surface area (Å²) in [6, 6.07) is 7.33. The smallest absolute Gasteiger partial charge is 0.331 e. The Morgan fingerprint density at radius 3 is 2.68 bits per heavy atom. The lowest BCUT2D eigenvalue weighted by Gasteiger charge is -2.35. The number of methoxy groups -OCH3 is 1. The van der Waals surface area contributed by atoms with Crippen molar-refractivity contribution in [2.24, 2.45) is 0 Å². The lowest BCUT2D eigenvalue weighted by molar-refractivity contribution is -0.152. The van der Waals surface area contributed by atoms with Crippen molar-refractivity contribution in [2.75, 3.05) is 13.7 Å². The number of rotatable bonds is 6. The fraction of sp³-hybridized carbons (Fsp3) is 0.500. The van der Waals surface area contributed by atoms with E-state index >= 15 is 0 Å². The van der Waals surface area contributed by atoms with Gasteiger partial charge in [0.2, 0.25) is 0 Å². The first-order valence-corrected chi connectivity index (χ1v) is 9.57. The molecule has 0 radical (unpaired) electrons. The summed E-state index contributed by atoms with van der Waals surface area (Å²) in [6.45, 7) is 3.81. The molecule has 1 fully saturated rings. The van der Waals surface area contributed by atoms with Crippen molar-refractivity contribution in [1.29, 1.82) is 0 Å². The molecule has 0 bridgehead atoms. The first-order valence-electron chi connectivity index (χ1n) is 9.57. The summed E-state index contributed by atoms with van der Waals surface area (Å²) in [5.74, 6) is -0.107. The second-order valence-electron chi connectivity index (χ2n) is 6.95. The van der Waals surface area contributed by atoms with Gasteiger partial charge >= 0.3 is 5.97 Å². The molecule has 150 valence electrons. The Kier molecular flexibility index (Phi) is 5.96. The van der Waals surface area contributed by atoms with Gasteiger partial charge in [-0.05, 0) is 38.8 Å². The van der Waals surface area contributed by atoms with Crippen LogP contribution in [0.1, 0.15) is 55.2 Å². The SMILES string of the molecule is CCOC(=O)C1(NC(=O)c2nnn(-c3cccc(OC)c3)c2C)CCCCC1. The molecule has 1 aliphatic carbocycles. The molecule has 3 rings (SSSR count). The zero-order chi connectivity index (χ0) is 20.1. The van der Waals surface area contributed by atoms with E-state index in [-0.39, 0.29) is 18.3 Å². The van der Waals surface area contributed by atoms with E-state index in [1.54, 1.807) is 25.6 Å². The summed E-state index contributed by atoms with van der Waals surface area (Å²) >= 11 is 0. The third-order valence-electron chi connectivity index (χ3n) is 5.13. The van der Waals surface area contributed by atoms with E-state index in [1.807, 2.05) is 24.3 Å². The largest absolute Gasteiger partial charge is 0.497 e. The van der Waals surface area contributed by atoms with Gasteiger partial charge in [-0.1, -0.05) is 30.5 Å². The number of amides is 1. The highest BCUT2D eigenvalue weighted by Gasteiger charge is 2.43. The van der Waals surface area contributed by atoms with Gasteiger partial charge in [-0.25, -0.2) is 9.48 Å². The summed E-state index contributed by atoms with van der Waals surface area (Å²) in [4.78, 5) is 25.5. The number of hydrogen-bond acceptors (Lipinski definition) is 6. The van der Waals surface area contributed by atoms with Crippen LogP contribution >= 0.6 is 0 Å². The average Bonchev–Trinajstić information content (AvgIpc) is 3.10. The molecule has 1 N–H and O–H groups in total. The van der Waals surface area contributed by atoms with E-state index in [9.17, 15) is 9.59 Å². The van der Waals surface area contributed by atoms with Gasteiger partial charge in [-0.3, -0.25) is 4.79 Å². The molecule has 8 heteroatoms. The van der Waals surface area contributed by atoms with Crippen LogP contribution in [0.5, 0.6) is 5.75 Å². The summed E-state index contributed by atoms with van der Waals surface area (Å²) in [5.41, 5.74) is 0.524. The van der Waals surface area contributed by atoms with Crippen molar-refractivity contribution in [3.05, 3.63) is 35.7 Å². The number of carbonyl (C=O) groups excluding carboxylic acids is 2. The molecular formula is C20H26N4O4. The molecule has 0 unspecified atom stereocenters. The standard InChI is InChI=1S/C20H26N4O4/c1-4-28-19(26)20(11-6-5-7-12-20)21-18(25)17-14(2)24(23-22-17)15-9-8-10-16(13-15)27-3/h8-10,13H,4-7,11-12H2,1-3H3,(H,21,25). The molecule has 1 saturated carbocycles. The monoisotopic (exact) mass is 386 g/mol. The number of hydrogen-bond donors (Lipinski definition) is 1. The van der Waals surface area contributed by atoms with Crippen molar-refractivity contribution in [2.45, 2.75) is 51.5 Å². The molecule has 0 spiro atoms. The van der Waals surface area contributed by atoms with Crippen LogP contribution in [0.2, 0.25) is 0 Å². The van der Waals surface area contributed by atoms with Gasteiger partial charge < -0.3 is 14.8 Å². The Bertz CT molecular complexity index is 856. The average molecular weight is 386 g/mol. The highest BCUT2D eigenvalue weighted by Crippen LogP contribution is 2.30. The van der Waals surface area contributed by atoms with E-state index in [0.717, 1.165) is 24.9 Å². The number of benzene rings is 1. The maximum absolute atomic E-state index is 13.0. The first kappa shape index (κ1) is 19.9. The number of carbonyl (C=O) groups is 2. The molecule has 1 amide bonds. The van der Waals surface area contributed by atoms with E-state index in [1.165, 1.54) is 0 Å². The molecule has 0 saturated heterocycles. The van der Waals surface area contributed by atoms with Crippen LogP contribution in [0.15, 0.2) is 24.3 Å². The first-order chi connectivity index (χ1) is 13.5. The quantitative estimate of drug-likeness (QED) is 0.767. The minimum atomic E-state index is -0.989. The maximum Gasteiger partial charge on any atom is 0.331 e. The van der Waals surface area contributed by atoms with E-state index < -0.39 is 11.4 Å². The molecule has 0 atom stereocenters. The van der Waals surface area contributed by atoms with Crippen molar-refractivity contribution < 1.29 is 19.1 Å². The summed E-state index contributed by atoms with van der Waals surface area (Å²) in [7, 11) is 1.59. The number of aromatic nitrogens is 3. The molecular weight excluding hydrogens is 360 g/mol. The molecule has 1 aliphatic rings. The Morgan fingerprint density at radius 2 is 2.00 bits per heavy atom. The second kappa shape index (κ2) is 8.41. The lowest BCUT2D eigenvalue weighted by Crippen LogP contribution is -2.56. The van der Waals surface area contributed by atoms with E-state index in [4.69, 9.17) is 9.47 Å². The Morgan fingerprint density at radius 1 is 1.25 bits per heavy atom. The number of nitrogens with zero attached hydrogens (tertiary/aromatic N) is 3. The Hall–Kier alpha value is -2.90. The summed E-state index contributed by atoms with van der Waals surface area (Å²) < 4.78 is 12.1. The van der Waals surface area contributed by atoms with Gasteiger partial charge in [0.05, 0.1) is 25.1 Å². The van der Waals surface area contributed by atoms with Crippen LogP contribution in [-0.2, 0) is 9.53 Å². The van der Waals surface area contributed by atoms with Gasteiger partial charge in [0, 0.05) is 6.07 Å². The van der Waals surface area contributed by atoms with E-state index in [0.29, 0.717) is 24.3 Å². The van der Waals surface area contributed by atoms with Crippen LogP contribution in [0.3, 0.4) is 0 Å². The fourth-order valence-corrected chi connectivity index (χ4v) is 3.61. The second-order valence-corrected chi connectivity index (χ2v) is 6.95. The molecule has 1 aromatic carbocycles. The van der Waals surface area contributed by atoms with Gasteiger partial charge in [-0.2, -0.15) is 0 Å². The highest BCUT2D eigenvalue weighted by atomic mass is 16.5. The predicted molar refractivity (Wildman–Crippen MR) is 103 cm³/mol. The minimum absolute atomic E-state index is 0.192. The van der Waals surface area contributed by atoms with Crippen molar-refractivity contribution in [1.82, 2.24) is 20.3 Å². The van der Waals surface area contributed by atoms with Crippen LogP contribution in [0, 0.1) is 6.92 Å². The predicted octanol–water partition coefficient (Wildman–Crippen LogP) is 2.58. The molecule has 2 aromatic rings. The summed E-state index contributed by atoms with van der Waals surface area (Å²) in [5, 5.41) is 11.1. The zero-order valence-corrected chi connectivity index (χ0v) is 16.5. The molecule has 1 heterocycles. The molecule has 8 nitrogen and oxygen atoms in total. The molecule has 28 heavy (non-hydrogen) atoms. The number of nitrogens with one attached hydrogen (secondary N) is 1. The Balaban J connectivity index is 1.86. The van der Waals surface area contributed by atoms with Crippen molar-refractivity contribution >= 4 is 11.9 Å². The third-order valence-corrected chi connectivity index (χ3v) is 5.13. The normalized spacial score (nSPS) is 15.7. The lowest BCUT2D eigenvalue weighted by atomic mass is 9.81. The van der Waals surface area contributed by atoms with Crippen LogP contribution < -0.4 is 10.1 Å². The van der Waals surface area contributed by atoms with Crippen molar-refractivity contribution in [3.63, 3.8) is 0 Å². The van der Waals surface area contributed by atoms with E-state index in [2.05, 4.69) is 15.6 Å². The van der Waals surface area contributed by atoms with Crippen molar-refractivity contribution in [3.8, 4) is 11.4 Å². The third kappa shape index (κ3) is 3.85. The minimum Gasteiger partial charge on any atom is -0.497 e. The topological polar surface area (TPSA) is 95.3 Å². The molecule has 1 aromatic heterocycles. The van der Waals surface area contributed by atoms with Gasteiger partial charge in [0.15, 0.2) is 5.69 Å². The van der Waals surface area contributed by atoms with Crippen LogP contribution in [-0.4, -0.2) is 46.1 Å². The fourth-order valence-electron chi connectivity index (χ4n) is 3.61. The van der Waals surface area contributed by atoms with Gasteiger partial charge in [0.1, 0.15) is 11.3 Å². The number of esters is 1. The maximum atomic E-state index is 13.0.